The van der Waals surface area contributed by atoms with Gasteiger partial charge in [0.1, 0.15) is 0 Å². The number of methoxy groups -OCH3 is 3. The van der Waals surface area contributed by atoms with E-state index in [2.05, 4.69) is 16.0 Å². The number of urea groups is 1. The Labute approximate surface area is 164 Å². The van der Waals surface area contributed by atoms with Gasteiger partial charge in [-0.2, -0.15) is 0 Å². The molecule has 2 rings (SSSR count). The first kappa shape index (κ1) is 20.9. The van der Waals surface area contributed by atoms with Gasteiger partial charge < -0.3 is 30.2 Å². The predicted molar refractivity (Wildman–Crippen MR) is 106 cm³/mol. The molecule has 2 aromatic rings. The summed E-state index contributed by atoms with van der Waals surface area (Å²) in [6, 6.07) is 10.6. The largest absolute Gasteiger partial charge is 0.493 e. The fraction of sp³-hybridized carbons (Fsp3) is 0.300. The number of nitrogens with one attached hydrogen (secondary N) is 3. The number of carbonyl (C=O) groups excluding carboxylic acids is 2. The van der Waals surface area contributed by atoms with E-state index in [1.807, 2.05) is 31.2 Å². The van der Waals surface area contributed by atoms with Gasteiger partial charge in [0.15, 0.2) is 11.5 Å². The molecule has 3 amide bonds. The average molecular weight is 387 g/mol. The summed E-state index contributed by atoms with van der Waals surface area (Å²) in [5.74, 6) is 0.873. The molecule has 0 saturated carbocycles. The lowest BCUT2D eigenvalue weighted by Gasteiger charge is -2.14. The molecule has 0 radical (unpaired) electrons. The second kappa shape index (κ2) is 10.1. The van der Waals surface area contributed by atoms with Crippen molar-refractivity contribution in [1.82, 2.24) is 10.6 Å². The van der Waals surface area contributed by atoms with Crippen molar-refractivity contribution in [2.45, 2.75) is 13.5 Å². The molecule has 0 bridgehead atoms. The Morgan fingerprint density at radius 3 is 2.04 bits per heavy atom. The van der Waals surface area contributed by atoms with Crippen LogP contribution in [-0.4, -0.2) is 39.8 Å². The van der Waals surface area contributed by atoms with Gasteiger partial charge in [0.2, 0.25) is 11.7 Å². The van der Waals surface area contributed by atoms with E-state index in [0.29, 0.717) is 29.5 Å². The first-order valence-corrected chi connectivity index (χ1v) is 8.64. The van der Waals surface area contributed by atoms with Crippen LogP contribution in [0.25, 0.3) is 0 Å². The quantitative estimate of drug-likeness (QED) is 0.646. The predicted octanol–water partition coefficient (Wildman–Crippen LogP) is 2.46. The number of carbonyl (C=O) groups is 2. The number of aryl methyl sites for hydroxylation is 1. The van der Waals surface area contributed by atoms with E-state index in [-0.39, 0.29) is 12.5 Å². The Balaban J connectivity index is 1.86. The first-order chi connectivity index (χ1) is 13.5. The van der Waals surface area contributed by atoms with E-state index in [9.17, 15) is 9.59 Å². The zero-order valence-electron chi connectivity index (χ0n) is 16.4. The molecular weight excluding hydrogens is 362 g/mol. The van der Waals surface area contributed by atoms with E-state index >= 15 is 0 Å². The third-order valence-electron chi connectivity index (χ3n) is 3.93. The Bertz CT molecular complexity index is 796. The Kier molecular flexibility index (Phi) is 7.50. The van der Waals surface area contributed by atoms with Crippen LogP contribution in [0.1, 0.15) is 11.1 Å². The van der Waals surface area contributed by atoms with Gasteiger partial charge in [-0.1, -0.05) is 29.8 Å². The van der Waals surface area contributed by atoms with E-state index in [4.69, 9.17) is 14.2 Å². The molecule has 3 N–H and O–H groups in total. The molecule has 0 unspecified atom stereocenters. The molecule has 0 saturated heterocycles. The minimum atomic E-state index is -0.430. The summed E-state index contributed by atoms with van der Waals surface area (Å²) in [4.78, 5) is 24.0. The number of anilines is 1. The minimum absolute atomic E-state index is 0.184. The molecule has 0 heterocycles. The SMILES string of the molecule is COc1cc(NC(=O)CNC(=O)NCc2ccc(C)cc2)cc(OC)c1OC. The van der Waals surface area contributed by atoms with Gasteiger partial charge in [0.25, 0.3) is 0 Å². The fourth-order valence-corrected chi connectivity index (χ4v) is 2.47. The summed E-state index contributed by atoms with van der Waals surface area (Å²) in [6.45, 7) is 2.19. The van der Waals surface area contributed by atoms with Gasteiger partial charge in [-0.25, -0.2) is 4.79 Å². The number of hydrogen-bond donors (Lipinski definition) is 3. The normalized spacial score (nSPS) is 10.0. The molecule has 0 aliphatic heterocycles. The molecule has 0 aromatic heterocycles. The highest BCUT2D eigenvalue weighted by Crippen LogP contribution is 2.39. The van der Waals surface area contributed by atoms with E-state index in [1.54, 1.807) is 12.1 Å². The van der Waals surface area contributed by atoms with Gasteiger partial charge in [-0.05, 0) is 12.5 Å². The Morgan fingerprint density at radius 1 is 0.893 bits per heavy atom. The van der Waals surface area contributed by atoms with Crippen molar-refractivity contribution in [3.8, 4) is 17.2 Å². The highest BCUT2D eigenvalue weighted by atomic mass is 16.5. The van der Waals surface area contributed by atoms with Crippen LogP contribution in [-0.2, 0) is 11.3 Å². The lowest BCUT2D eigenvalue weighted by Crippen LogP contribution is -2.39. The molecule has 8 nitrogen and oxygen atoms in total. The minimum Gasteiger partial charge on any atom is -0.493 e. The number of hydrogen-bond acceptors (Lipinski definition) is 5. The second-order valence-electron chi connectivity index (χ2n) is 5.98. The molecule has 150 valence electrons. The highest BCUT2D eigenvalue weighted by Gasteiger charge is 2.14. The molecule has 0 fully saturated rings. The Hall–Kier alpha value is -3.42. The molecular formula is C20H25N3O5. The summed E-state index contributed by atoms with van der Waals surface area (Å²) in [5.41, 5.74) is 2.58. The zero-order chi connectivity index (χ0) is 20.5. The van der Waals surface area contributed by atoms with Crippen LogP contribution in [0.15, 0.2) is 36.4 Å². The van der Waals surface area contributed by atoms with Crippen molar-refractivity contribution in [2.75, 3.05) is 33.2 Å². The highest BCUT2D eigenvalue weighted by molar-refractivity contribution is 5.94. The van der Waals surface area contributed by atoms with Crippen molar-refractivity contribution in [1.29, 1.82) is 0 Å². The molecule has 0 atom stereocenters. The lowest BCUT2D eigenvalue weighted by molar-refractivity contribution is -0.115. The lowest BCUT2D eigenvalue weighted by atomic mass is 10.1. The van der Waals surface area contributed by atoms with Crippen LogP contribution in [0.4, 0.5) is 10.5 Å². The summed E-state index contributed by atoms with van der Waals surface area (Å²) in [6.07, 6.45) is 0. The smallest absolute Gasteiger partial charge is 0.315 e. The van der Waals surface area contributed by atoms with E-state index in [1.165, 1.54) is 21.3 Å². The van der Waals surface area contributed by atoms with Crippen LogP contribution < -0.4 is 30.2 Å². The Morgan fingerprint density at radius 2 is 1.50 bits per heavy atom. The van der Waals surface area contributed by atoms with Gasteiger partial charge >= 0.3 is 6.03 Å². The van der Waals surface area contributed by atoms with Gasteiger partial charge in [0.05, 0.1) is 27.9 Å². The van der Waals surface area contributed by atoms with Crippen LogP contribution in [0.3, 0.4) is 0 Å². The number of rotatable bonds is 8. The molecule has 0 aliphatic carbocycles. The van der Waals surface area contributed by atoms with E-state index < -0.39 is 6.03 Å². The number of ether oxygens (including phenoxy) is 3. The third-order valence-corrected chi connectivity index (χ3v) is 3.93. The van der Waals surface area contributed by atoms with Crippen molar-refractivity contribution < 1.29 is 23.8 Å². The van der Waals surface area contributed by atoms with Crippen molar-refractivity contribution in [3.63, 3.8) is 0 Å². The summed E-state index contributed by atoms with van der Waals surface area (Å²) in [5, 5.41) is 7.90. The van der Waals surface area contributed by atoms with Crippen molar-refractivity contribution in [2.24, 2.45) is 0 Å². The summed E-state index contributed by atoms with van der Waals surface area (Å²) in [7, 11) is 4.48. The van der Waals surface area contributed by atoms with Gasteiger partial charge in [-0.3, -0.25) is 4.79 Å². The zero-order valence-corrected chi connectivity index (χ0v) is 16.4. The van der Waals surface area contributed by atoms with Crippen LogP contribution in [0.5, 0.6) is 17.2 Å². The maximum absolute atomic E-state index is 12.1. The fourth-order valence-electron chi connectivity index (χ4n) is 2.47. The summed E-state index contributed by atoms with van der Waals surface area (Å²) < 4.78 is 15.7. The molecule has 0 aliphatic rings. The van der Waals surface area contributed by atoms with Crippen molar-refractivity contribution in [3.05, 3.63) is 47.5 Å². The van der Waals surface area contributed by atoms with Gasteiger partial charge in [0, 0.05) is 24.4 Å². The maximum Gasteiger partial charge on any atom is 0.315 e. The maximum atomic E-state index is 12.1. The van der Waals surface area contributed by atoms with E-state index in [0.717, 1.165) is 11.1 Å². The molecule has 28 heavy (non-hydrogen) atoms. The average Bonchev–Trinajstić information content (AvgIpc) is 2.71. The van der Waals surface area contributed by atoms with Crippen molar-refractivity contribution >= 4 is 17.6 Å². The molecule has 0 spiro atoms. The van der Waals surface area contributed by atoms with Gasteiger partial charge in [-0.15, -0.1) is 0 Å². The standard InChI is InChI=1S/C20H25N3O5/c1-13-5-7-14(8-6-13)11-21-20(25)22-12-18(24)23-15-9-16(26-2)19(28-4)17(10-15)27-3/h5-10H,11-12H2,1-4H3,(H,23,24)(H2,21,22,25). The third kappa shape index (κ3) is 5.80. The topological polar surface area (TPSA) is 97.9 Å². The summed E-state index contributed by atoms with van der Waals surface area (Å²) >= 11 is 0. The molecule has 8 heteroatoms. The van der Waals surface area contributed by atoms with Crippen LogP contribution >= 0.6 is 0 Å². The first-order valence-electron chi connectivity index (χ1n) is 8.64. The molecule has 2 aromatic carbocycles. The number of amides is 3. The van der Waals surface area contributed by atoms with Crippen LogP contribution in [0.2, 0.25) is 0 Å². The van der Waals surface area contributed by atoms with Crippen LogP contribution in [0, 0.1) is 6.92 Å². The monoisotopic (exact) mass is 387 g/mol. The second-order valence-corrected chi connectivity index (χ2v) is 5.98. The number of benzene rings is 2.